The molecule has 1 saturated carbocycles. The number of hydrogen-bond donors (Lipinski definition) is 0. The second-order valence-corrected chi connectivity index (χ2v) is 4.44. The first-order valence-electron chi connectivity index (χ1n) is 4.55. The van der Waals surface area contributed by atoms with Crippen LogP contribution in [0.1, 0.15) is 33.1 Å². The lowest BCUT2D eigenvalue weighted by molar-refractivity contribution is -0.492. The van der Waals surface area contributed by atoms with Crippen molar-refractivity contribution < 1.29 is 9.72 Å². The summed E-state index contributed by atoms with van der Waals surface area (Å²) in [7, 11) is 0. The minimum atomic E-state index is -0.314. The van der Waals surface area contributed by atoms with Gasteiger partial charge < -0.3 is 0 Å². The lowest BCUT2D eigenvalue weighted by atomic mass is 9.68. The maximum absolute atomic E-state index is 11.1. The first-order chi connectivity index (χ1) is 5.92. The molecule has 0 spiro atoms. The zero-order chi connectivity index (χ0) is 10.1. The molecule has 13 heavy (non-hydrogen) atoms. The summed E-state index contributed by atoms with van der Waals surface area (Å²) in [4.78, 5) is 21.2. The van der Waals surface area contributed by atoms with Gasteiger partial charge in [0.1, 0.15) is 5.78 Å². The summed E-state index contributed by atoms with van der Waals surface area (Å²) in [5, 5.41) is 10.4. The molecule has 1 aliphatic rings. The molecule has 4 heteroatoms. The number of nitro groups is 1. The van der Waals surface area contributed by atoms with Crippen molar-refractivity contribution in [2.75, 3.05) is 6.54 Å². The topological polar surface area (TPSA) is 60.2 Å². The van der Waals surface area contributed by atoms with Gasteiger partial charge in [-0.1, -0.05) is 13.8 Å². The van der Waals surface area contributed by atoms with Crippen LogP contribution in [0.2, 0.25) is 0 Å². The molecule has 1 fully saturated rings. The first-order valence-corrected chi connectivity index (χ1v) is 4.55. The monoisotopic (exact) mass is 185 g/mol. The van der Waals surface area contributed by atoms with Gasteiger partial charge in [-0.05, 0) is 11.8 Å². The van der Waals surface area contributed by atoms with Crippen LogP contribution >= 0.6 is 0 Å². The molecule has 0 amide bonds. The average molecular weight is 185 g/mol. The van der Waals surface area contributed by atoms with Crippen molar-refractivity contribution in [2.24, 2.45) is 11.3 Å². The van der Waals surface area contributed by atoms with E-state index in [1.165, 1.54) is 0 Å². The van der Waals surface area contributed by atoms with Crippen LogP contribution in [-0.4, -0.2) is 17.3 Å². The van der Waals surface area contributed by atoms with Gasteiger partial charge in [0.25, 0.3) is 0 Å². The fourth-order valence-electron chi connectivity index (χ4n) is 1.81. The van der Waals surface area contributed by atoms with E-state index in [1.54, 1.807) is 0 Å². The third-order valence-electron chi connectivity index (χ3n) is 3.00. The van der Waals surface area contributed by atoms with E-state index >= 15 is 0 Å². The molecule has 74 valence electrons. The summed E-state index contributed by atoms with van der Waals surface area (Å²) in [6, 6.07) is 0. The maximum Gasteiger partial charge on any atom is 0.207 e. The van der Waals surface area contributed by atoms with Crippen LogP contribution in [-0.2, 0) is 4.79 Å². The van der Waals surface area contributed by atoms with E-state index in [4.69, 9.17) is 0 Å². The fraction of sp³-hybridized carbons (Fsp3) is 0.889. The molecule has 0 aromatic heterocycles. The molecule has 0 unspecified atom stereocenters. The predicted octanol–water partition coefficient (Wildman–Crippen LogP) is 1.66. The highest BCUT2D eigenvalue weighted by Crippen LogP contribution is 2.38. The van der Waals surface area contributed by atoms with E-state index in [-0.39, 0.29) is 28.6 Å². The van der Waals surface area contributed by atoms with Crippen molar-refractivity contribution in [2.45, 2.75) is 33.1 Å². The molecule has 4 nitrogen and oxygen atoms in total. The van der Waals surface area contributed by atoms with E-state index in [0.29, 0.717) is 12.8 Å². The van der Waals surface area contributed by atoms with Crippen molar-refractivity contribution in [3.8, 4) is 0 Å². The van der Waals surface area contributed by atoms with Crippen LogP contribution in [0.5, 0.6) is 0 Å². The van der Waals surface area contributed by atoms with E-state index in [2.05, 4.69) is 0 Å². The largest absolute Gasteiger partial charge is 0.300 e. The van der Waals surface area contributed by atoms with Crippen LogP contribution in [0.15, 0.2) is 0 Å². The van der Waals surface area contributed by atoms with Gasteiger partial charge in [0.15, 0.2) is 0 Å². The van der Waals surface area contributed by atoms with Crippen molar-refractivity contribution in [1.29, 1.82) is 0 Å². The summed E-state index contributed by atoms with van der Waals surface area (Å²) in [6.07, 6.45) is 1.75. The highest BCUT2D eigenvalue weighted by molar-refractivity contribution is 5.79. The number of Topliss-reactive ketones (excluding diaryl/α,β-unsaturated/α-hetero) is 1. The molecule has 0 aromatic carbocycles. The average Bonchev–Trinajstić information content (AvgIpc) is 1.97. The standard InChI is InChI=1S/C9H15NO3/c1-9(2)4-3-8(11)5-7(9)6-10(12)13/h7H,3-6H2,1-2H3/t7-/m1/s1. The number of carbonyl (C=O) groups is 1. The molecule has 0 bridgehead atoms. The third kappa shape index (κ3) is 2.50. The highest BCUT2D eigenvalue weighted by atomic mass is 16.6. The quantitative estimate of drug-likeness (QED) is 0.485. The Morgan fingerprint density at radius 1 is 1.62 bits per heavy atom. The molecule has 1 rings (SSSR count). The van der Waals surface area contributed by atoms with Gasteiger partial charge in [-0.15, -0.1) is 0 Å². The molecular formula is C9H15NO3. The van der Waals surface area contributed by atoms with Gasteiger partial charge in [0.2, 0.25) is 6.54 Å². The predicted molar refractivity (Wildman–Crippen MR) is 48.0 cm³/mol. The summed E-state index contributed by atoms with van der Waals surface area (Å²) in [5.74, 6) is 0.0925. The smallest absolute Gasteiger partial charge is 0.207 e. The Morgan fingerprint density at radius 2 is 2.23 bits per heavy atom. The van der Waals surface area contributed by atoms with Gasteiger partial charge in [0, 0.05) is 23.7 Å². The maximum atomic E-state index is 11.1. The van der Waals surface area contributed by atoms with E-state index in [0.717, 1.165) is 6.42 Å². The van der Waals surface area contributed by atoms with Crippen LogP contribution < -0.4 is 0 Å². The van der Waals surface area contributed by atoms with Crippen molar-refractivity contribution in [3.05, 3.63) is 10.1 Å². The summed E-state index contributed by atoms with van der Waals surface area (Å²) < 4.78 is 0. The molecule has 0 radical (unpaired) electrons. The molecule has 0 aromatic rings. The van der Waals surface area contributed by atoms with Crippen LogP contribution in [0.25, 0.3) is 0 Å². The van der Waals surface area contributed by atoms with Crippen LogP contribution in [0.4, 0.5) is 0 Å². The van der Waals surface area contributed by atoms with Crippen molar-refractivity contribution in [1.82, 2.24) is 0 Å². The Morgan fingerprint density at radius 3 is 2.77 bits per heavy atom. The van der Waals surface area contributed by atoms with Crippen LogP contribution in [0.3, 0.4) is 0 Å². The normalized spacial score (nSPS) is 27.2. The number of carbonyl (C=O) groups excluding carboxylic acids is 1. The molecule has 1 aliphatic carbocycles. The number of ketones is 1. The fourth-order valence-corrected chi connectivity index (χ4v) is 1.81. The van der Waals surface area contributed by atoms with Crippen LogP contribution in [0, 0.1) is 21.4 Å². The van der Waals surface area contributed by atoms with Gasteiger partial charge in [0.05, 0.1) is 0 Å². The van der Waals surface area contributed by atoms with Gasteiger partial charge in [-0.3, -0.25) is 14.9 Å². The van der Waals surface area contributed by atoms with E-state index in [1.807, 2.05) is 13.8 Å². The number of hydrogen-bond acceptors (Lipinski definition) is 3. The molecule has 0 N–H and O–H groups in total. The molecule has 0 heterocycles. The lowest BCUT2D eigenvalue weighted by Crippen LogP contribution is -2.36. The number of nitrogens with zero attached hydrogens (tertiary/aromatic N) is 1. The summed E-state index contributed by atoms with van der Waals surface area (Å²) in [6.45, 7) is 3.94. The van der Waals surface area contributed by atoms with Gasteiger partial charge >= 0.3 is 0 Å². The second kappa shape index (κ2) is 3.44. The Balaban J connectivity index is 2.66. The van der Waals surface area contributed by atoms with Gasteiger partial charge in [-0.25, -0.2) is 0 Å². The van der Waals surface area contributed by atoms with Gasteiger partial charge in [-0.2, -0.15) is 0 Å². The van der Waals surface area contributed by atoms with E-state index < -0.39 is 0 Å². The highest BCUT2D eigenvalue weighted by Gasteiger charge is 2.38. The lowest BCUT2D eigenvalue weighted by Gasteiger charge is -2.35. The van der Waals surface area contributed by atoms with E-state index in [9.17, 15) is 14.9 Å². The molecule has 1 atom stereocenters. The minimum Gasteiger partial charge on any atom is -0.300 e. The zero-order valence-electron chi connectivity index (χ0n) is 8.08. The second-order valence-electron chi connectivity index (χ2n) is 4.44. The SMILES string of the molecule is CC1(C)CCC(=O)C[C@@H]1C[N+](=O)[O-]. The molecule has 0 saturated heterocycles. The molecular weight excluding hydrogens is 170 g/mol. The van der Waals surface area contributed by atoms with Crippen molar-refractivity contribution >= 4 is 5.78 Å². The Bertz CT molecular complexity index is 233. The molecule has 0 aliphatic heterocycles. The summed E-state index contributed by atoms with van der Waals surface area (Å²) in [5.41, 5.74) is -0.0546. The first kappa shape index (κ1) is 10.2. The Labute approximate surface area is 77.5 Å². The Hall–Kier alpha value is -0.930. The van der Waals surface area contributed by atoms with Crippen molar-refractivity contribution in [3.63, 3.8) is 0 Å². The number of rotatable bonds is 2. The Kier molecular flexibility index (Phi) is 2.68. The third-order valence-corrected chi connectivity index (χ3v) is 3.00. The minimum absolute atomic E-state index is 0.0546. The zero-order valence-corrected chi connectivity index (χ0v) is 8.08. The summed E-state index contributed by atoms with van der Waals surface area (Å²) >= 11 is 0.